The molecular formula is C58H38N4. The lowest BCUT2D eigenvalue weighted by molar-refractivity contribution is 1.22. The van der Waals surface area contributed by atoms with Gasteiger partial charge in [-0.2, -0.15) is 0 Å². The summed E-state index contributed by atoms with van der Waals surface area (Å²) in [5, 5.41) is 1.99. The van der Waals surface area contributed by atoms with E-state index >= 15 is 0 Å². The van der Waals surface area contributed by atoms with Crippen LogP contribution in [0.3, 0.4) is 0 Å². The third-order valence-electron chi connectivity index (χ3n) is 11.5. The average Bonchev–Trinajstić information content (AvgIpc) is 3.36. The SMILES string of the molecule is c1ccc(-c2cccc(-c3ccc(-c4nc(-c5cccc(-c6nc(-c7ccc(-c8cccc(-c9ccccc9)c8)cc7)c7ccccc7n6)c5)c5ccccc5n4)cc3)c2)cc1. The van der Waals surface area contributed by atoms with Gasteiger partial charge in [-0.1, -0.05) is 200 Å². The summed E-state index contributed by atoms with van der Waals surface area (Å²) in [7, 11) is 0. The summed E-state index contributed by atoms with van der Waals surface area (Å²) in [5.41, 5.74) is 16.8. The molecule has 9 aromatic carbocycles. The number of hydrogen-bond donors (Lipinski definition) is 0. The molecule has 0 saturated carbocycles. The van der Waals surface area contributed by atoms with Crippen LogP contribution in [-0.2, 0) is 0 Å². The third kappa shape index (κ3) is 7.20. The number of hydrogen-bond acceptors (Lipinski definition) is 4. The summed E-state index contributed by atoms with van der Waals surface area (Å²) in [6, 6.07) is 80.5. The zero-order valence-corrected chi connectivity index (χ0v) is 33.7. The Kier molecular flexibility index (Phi) is 9.49. The minimum absolute atomic E-state index is 0.658. The van der Waals surface area contributed by atoms with E-state index in [0.717, 1.165) is 72.1 Å². The minimum Gasteiger partial charge on any atom is -0.228 e. The molecule has 62 heavy (non-hydrogen) atoms. The van der Waals surface area contributed by atoms with Crippen molar-refractivity contribution in [1.82, 2.24) is 19.9 Å². The second-order valence-corrected chi connectivity index (χ2v) is 15.5. The summed E-state index contributed by atoms with van der Waals surface area (Å²) in [4.78, 5) is 20.7. The molecule has 4 nitrogen and oxygen atoms in total. The zero-order valence-electron chi connectivity index (χ0n) is 33.7. The van der Waals surface area contributed by atoms with Crippen molar-refractivity contribution in [1.29, 1.82) is 0 Å². The molecule has 11 aromatic rings. The van der Waals surface area contributed by atoms with Gasteiger partial charge >= 0.3 is 0 Å². The Morgan fingerprint density at radius 1 is 0.194 bits per heavy atom. The first kappa shape index (κ1) is 36.7. The number of aromatic nitrogens is 4. The minimum atomic E-state index is 0.658. The van der Waals surface area contributed by atoms with Crippen molar-refractivity contribution >= 4 is 21.8 Å². The molecule has 0 spiro atoms. The summed E-state index contributed by atoms with van der Waals surface area (Å²) < 4.78 is 0. The Morgan fingerprint density at radius 2 is 0.516 bits per heavy atom. The van der Waals surface area contributed by atoms with Crippen LogP contribution in [0.5, 0.6) is 0 Å². The van der Waals surface area contributed by atoms with E-state index in [1.54, 1.807) is 0 Å². The Hall–Kier alpha value is -8.34. The first-order chi connectivity index (χ1) is 30.7. The molecular weight excluding hydrogens is 753 g/mol. The van der Waals surface area contributed by atoms with Gasteiger partial charge in [0.25, 0.3) is 0 Å². The standard InChI is InChI=1S/C58H38N4/c1-3-14-39(15-4-1)45-18-11-20-47(36-45)41-28-32-43(33-29-41)55-51-24-7-9-26-53(51)60-58(61-55)50-23-13-22-49(38-50)56-52-25-8-10-27-54(52)59-57(62-56)44-34-30-42(31-35-44)48-21-12-19-46(37-48)40-16-5-2-6-17-40/h1-38H. The molecule has 0 radical (unpaired) electrons. The molecule has 2 heterocycles. The second kappa shape index (κ2) is 16.0. The summed E-state index contributed by atoms with van der Waals surface area (Å²) in [6.45, 7) is 0. The Labute approximate surface area is 360 Å². The zero-order chi connectivity index (χ0) is 41.2. The average molecular weight is 791 g/mol. The van der Waals surface area contributed by atoms with Gasteiger partial charge in [0.1, 0.15) is 0 Å². The number of para-hydroxylation sites is 2. The molecule has 0 amide bonds. The van der Waals surface area contributed by atoms with E-state index in [0.29, 0.717) is 11.6 Å². The van der Waals surface area contributed by atoms with E-state index in [4.69, 9.17) is 19.9 Å². The van der Waals surface area contributed by atoms with Gasteiger partial charge in [-0.25, -0.2) is 19.9 Å². The van der Waals surface area contributed by atoms with Crippen molar-refractivity contribution in [3.05, 3.63) is 231 Å². The third-order valence-corrected chi connectivity index (χ3v) is 11.5. The van der Waals surface area contributed by atoms with Gasteiger partial charge in [0.05, 0.1) is 22.4 Å². The fourth-order valence-corrected chi connectivity index (χ4v) is 8.31. The van der Waals surface area contributed by atoms with Crippen LogP contribution in [0.4, 0.5) is 0 Å². The van der Waals surface area contributed by atoms with Crippen LogP contribution < -0.4 is 0 Å². The maximum atomic E-state index is 5.27. The van der Waals surface area contributed by atoms with E-state index in [-0.39, 0.29) is 0 Å². The predicted molar refractivity (Wildman–Crippen MR) is 256 cm³/mol. The summed E-state index contributed by atoms with van der Waals surface area (Å²) in [5.74, 6) is 1.33. The van der Waals surface area contributed by atoms with Gasteiger partial charge < -0.3 is 0 Å². The quantitative estimate of drug-likeness (QED) is 0.154. The Bertz CT molecular complexity index is 3380. The van der Waals surface area contributed by atoms with Crippen molar-refractivity contribution in [3.8, 4) is 89.8 Å². The van der Waals surface area contributed by atoms with Gasteiger partial charge in [0.15, 0.2) is 11.6 Å². The number of rotatable bonds is 8. The van der Waals surface area contributed by atoms with Crippen molar-refractivity contribution < 1.29 is 0 Å². The molecule has 0 atom stereocenters. The number of benzene rings is 9. The van der Waals surface area contributed by atoms with Crippen molar-refractivity contribution in [2.24, 2.45) is 0 Å². The van der Waals surface area contributed by atoms with Gasteiger partial charge in [-0.15, -0.1) is 0 Å². The van der Waals surface area contributed by atoms with E-state index in [9.17, 15) is 0 Å². The van der Waals surface area contributed by atoms with Crippen molar-refractivity contribution in [2.75, 3.05) is 0 Å². The topological polar surface area (TPSA) is 51.6 Å². The van der Waals surface area contributed by atoms with Crippen molar-refractivity contribution in [3.63, 3.8) is 0 Å². The lowest BCUT2D eigenvalue weighted by Gasteiger charge is -2.13. The molecule has 0 unspecified atom stereocenters. The molecule has 11 rings (SSSR count). The highest BCUT2D eigenvalue weighted by Crippen LogP contribution is 2.36. The smallest absolute Gasteiger partial charge is 0.160 e. The fourth-order valence-electron chi connectivity index (χ4n) is 8.31. The van der Waals surface area contributed by atoms with Gasteiger partial charge in [0.2, 0.25) is 0 Å². The largest absolute Gasteiger partial charge is 0.228 e. The van der Waals surface area contributed by atoms with Crippen LogP contribution in [0.2, 0.25) is 0 Å². The molecule has 0 saturated heterocycles. The van der Waals surface area contributed by atoms with Gasteiger partial charge in [-0.05, 0) is 74.8 Å². The van der Waals surface area contributed by atoms with Crippen molar-refractivity contribution in [2.45, 2.75) is 0 Å². The molecule has 0 bridgehead atoms. The molecule has 0 N–H and O–H groups in total. The molecule has 2 aromatic heterocycles. The second-order valence-electron chi connectivity index (χ2n) is 15.5. The molecule has 4 heteroatoms. The van der Waals surface area contributed by atoms with E-state index in [2.05, 4.69) is 200 Å². The lowest BCUT2D eigenvalue weighted by Crippen LogP contribution is -1.97. The predicted octanol–water partition coefficient (Wildman–Crippen LogP) is 14.9. The molecule has 290 valence electrons. The fraction of sp³-hybridized carbons (Fsp3) is 0. The van der Waals surface area contributed by atoms with E-state index in [1.807, 2.05) is 30.3 Å². The highest BCUT2D eigenvalue weighted by molar-refractivity contribution is 5.96. The van der Waals surface area contributed by atoms with Crippen LogP contribution in [0, 0.1) is 0 Å². The number of fused-ring (bicyclic) bond motifs is 2. The Balaban J connectivity index is 0.936. The molecule has 0 aliphatic rings. The number of nitrogens with zero attached hydrogens (tertiary/aromatic N) is 4. The van der Waals surface area contributed by atoms with Crippen LogP contribution in [0.15, 0.2) is 231 Å². The summed E-state index contributed by atoms with van der Waals surface area (Å²) in [6.07, 6.45) is 0. The van der Waals surface area contributed by atoms with Crippen LogP contribution >= 0.6 is 0 Å². The first-order valence-corrected chi connectivity index (χ1v) is 20.9. The first-order valence-electron chi connectivity index (χ1n) is 20.9. The molecule has 0 aliphatic carbocycles. The van der Waals surface area contributed by atoms with Crippen LogP contribution in [0.25, 0.3) is 112 Å². The normalized spacial score (nSPS) is 11.2. The molecule has 0 aliphatic heterocycles. The maximum absolute atomic E-state index is 5.27. The molecule has 0 fully saturated rings. The van der Waals surface area contributed by atoms with Crippen LogP contribution in [0.1, 0.15) is 0 Å². The van der Waals surface area contributed by atoms with Gasteiger partial charge in [-0.3, -0.25) is 0 Å². The summed E-state index contributed by atoms with van der Waals surface area (Å²) >= 11 is 0. The maximum Gasteiger partial charge on any atom is 0.160 e. The lowest BCUT2D eigenvalue weighted by atomic mass is 9.97. The van der Waals surface area contributed by atoms with E-state index in [1.165, 1.54) is 27.8 Å². The van der Waals surface area contributed by atoms with E-state index < -0.39 is 0 Å². The highest BCUT2D eigenvalue weighted by Gasteiger charge is 2.16. The Morgan fingerprint density at radius 3 is 1.02 bits per heavy atom. The highest BCUT2D eigenvalue weighted by atomic mass is 14.9. The van der Waals surface area contributed by atoms with Gasteiger partial charge in [0, 0.05) is 33.0 Å². The monoisotopic (exact) mass is 790 g/mol. The van der Waals surface area contributed by atoms with Crippen LogP contribution in [-0.4, -0.2) is 19.9 Å².